The monoisotopic (exact) mass is 565 g/mol. The van der Waals surface area contributed by atoms with Crippen molar-refractivity contribution in [1.82, 2.24) is 14.8 Å². The number of piperidine rings is 1. The Labute approximate surface area is 239 Å². The smallest absolute Gasteiger partial charge is 0.339 e. The van der Waals surface area contributed by atoms with Crippen LogP contribution >= 0.6 is 0 Å². The van der Waals surface area contributed by atoms with Crippen LogP contribution in [0.3, 0.4) is 0 Å². The Hall–Kier alpha value is -3.42. The van der Waals surface area contributed by atoms with E-state index in [4.69, 9.17) is 0 Å². The lowest BCUT2D eigenvalue weighted by atomic mass is 9.75. The molecule has 5 atom stereocenters. The second kappa shape index (κ2) is 12.2. The molecule has 0 unspecified atom stereocenters. The van der Waals surface area contributed by atoms with E-state index >= 15 is 0 Å². The van der Waals surface area contributed by atoms with Crippen LogP contribution in [0, 0.1) is 17.8 Å². The first kappa shape index (κ1) is 29.1. The predicted molar refractivity (Wildman–Crippen MR) is 153 cm³/mol. The number of likely N-dealkylation sites (tertiary alicyclic amines) is 1. The fraction of sp³-hybridized carbons (Fsp3) is 0.485. The zero-order valence-corrected chi connectivity index (χ0v) is 23.7. The molecular formula is C33H38F3N3O2. The van der Waals surface area contributed by atoms with E-state index in [1.165, 1.54) is 0 Å². The lowest BCUT2D eigenvalue weighted by molar-refractivity contribution is -0.190. The van der Waals surface area contributed by atoms with E-state index in [1.54, 1.807) is 12.3 Å². The molecule has 1 aliphatic carbocycles. The topological polar surface area (TPSA) is 53.5 Å². The molecule has 1 aromatic heterocycles. The van der Waals surface area contributed by atoms with Crippen molar-refractivity contribution in [2.75, 3.05) is 6.54 Å². The summed E-state index contributed by atoms with van der Waals surface area (Å²) in [6, 6.07) is 17.8. The number of rotatable bonds is 6. The summed E-state index contributed by atoms with van der Waals surface area (Å²) in [5, 5.41) is 0.726. The highest BCUT2D eigenvalue weighted by Crippen LogP contribution is 2.37. The van der Waals surface area contributed by atoms with Crippen LogP contribution in [0.25, 0.3) is 10.9 Å². The highest BCUT2D eigenvalue weighted by molar-refractivity contribution is 5.85. The second-order valence-electron chi connectivity index (χ2n) is 12.1. The number of hydrogen-bond acceptors (Lipinski definition) is 3. The van der Waals surface area contributed by atoms with Crippen molar-refractivity contribution in [1.29, 1.82) is 0 Å². The molecule has 2 fully saturated rings. The Bertz CT molecular complexity index is 1350. The van der Waals surface area contributed by atoms with Gasteiger partial charge in [0.1, 0.15) is 0 Å². The summed E-state index contributed by atoms with van der Waals surface area (Å²) < 4.78 is 41.9. The summed E-state index contributed by atoms with van der Waals surface area (Å²) in [7, 11) is 0. The maximum Gasteiger partial charge on any atom is 0.471 e. The van der Waals surface area contributed by atoms with Crippen molar-refractivity contribution in [3.05, 3.63) is 78.0 Å². The number of hydrogen-bond donors (Lipinski definition) is 0. The van der Waals surface area contributed by atoms with Crippen LogP contribution in [0.5, 0.6) is 0 Å². The average Bonchev–Trinajstić information content (AvgIpc) is 2.95. The molecule has 2 aliphatic rings. The van der Waals surface area contributed by atoms with Gasteiger partial charge in [-0.15, -0.1) is 0 Å². The van der Waals surface area contributed by atoms with Gasteiger partial charge in [0.05, 0.1) is 5.52 Å². The molecule has 0 bridgehead atoms. The molecule has 8 heteroatoms. The Balaban J connectivity index is 1.44. The van der Waals surface area contributed by atoms with Gasteiger partial charge in [0.25, 0.3) is 0 Å². The fourth-order valence-corrected chi connectivity index (χ4v) is 7.07. The van der Waals surface area contributed by atoms with Crippen LogP contribution in [0.1, 0.15) is 57.1 Å². The second-order valence-corrected chi connectivity index (χ2v) is 12.1. The number of nitrogens with zero attached hydrogens (tertiary/aromatic N) is 3. The van der Waals surface area contributed by atoms with Crippen molar-refractivity contribution >= 4 is 22.7 Å². The molecule has 1 saturated carbocycles. The number of para-hydroxylation sites is 1. The maximum atomic E-state index is 14.0. The molecule has 1 saturated heterocycles. The van der Waals surface area contributed by atoms with Gasteiger partial charge >= 0.3 is 12.1 Å². The summed E-state index contributed by atoms with van der Waals surface area (Å²) in [5.41, 5.74) is 2.31. The molecule has 3 aromatic rings. The van der Waals surface area contributed by atoms with E-state index in [1.807, 2.05) is 59.5 Å². The number of halogens is 3. The van der Waals surface area contributed by atoms with E-state index in [-0.39, 0.29) is 24.4 Å². The average molecular weight is 566 g/mol. The first-order chi connectivity index (χ1) is 19.6. The van der Waals surface area contributed by atoms with Crippen LogP contribution in [-0.2, 0) is 22.6 Å². The van der Waals surface area contributed by atoms with E-state index in [2.05, 4.69) is 18.8 Å². The zero-order chi connectivity index (χ0) is 29.1. The molecular weight excluding hydrogens is 527 g/mol. The predicted octanol–water partition coefficient (Wildman–Crippen LogP) is 6.80. The van der Waals surface area contributed by atoms with E-state index in [0.29, 0.717) is 48.7 Å². The van der Waals surface area contributed by atoms with Gasteiger partial charge < -0.3 is 9.80 Å². The SMILES string of the molecule is C[C@@H]1C[C@H](C)C[C@H](C(=O)N2CC[C@H](N(Cc3ccnc4ccccc34)C(=O)C(F)(F)F)C[C@H]2Cc2ccccc2)C1. The Kier molecular flexibility index (Phi) is 8.66. The number of carbonyl (C=O) groups is 2. The number of amides is 2. The van der Waals surface area contributed by atoms with Crippen LogP contribution in [0.15, 0.2) is 66.9 Å². The highest BCUT2D eigenvalue weighted by Gasteiger charge is 2.47. The van der Waals surface area contributed by atoms with Crippen molar-refractivity contribution in [2.45, 2.75) is 77.2 Å². The summed E-state index contributed by atoms with van der Waals surface area (Å²) in [5.74, 6) is -0.867. The standard InChI is InChI=1S/C33H38F3N3O2/c1-22-16-23(2)18-26(17-22)31(40)38-15-13-27(20-28(38)19-24-8-4-3-5-9-24)39(32(41)33(34,35)36)21-25-12-14-37-30-11-7-6-10-29(25)30/h3-12,14,22-23,26-28H,13,15-21H2,1-2H3/t22-,23+,26-,27-,28+/m0/s1. The minimum Gasteiger partial charge on any atom is -0.339 e. The van der Waals surface area contributed by atoms with Gasteiger partial charge in [-0.1, -0.05) is 62.4 Å². The molecule has 5 nitrogen and oxygen atoms in total. The van der Waals surface area contributed by atoms with Gasteiger partial charge in [0.15, 0.2) is 0 Å². The summed E-state index contributed by atoms with van der Waals surface area (Å²) in [6.45, 7) is 4.54. The number of alkyl halides is 3. The van der Waals surface area contributed by atoms with E-state index in [0.717, 1.165) is 35.1 Å². The van der Waals surface area contributed by atoms with Crippen molar-refractivity contribution in [2.24, 2.45) is 17.8 Å². The summed E-state index contributed by atoms with van der Waals surface area (Å²) in [6.07, 6.45) is 0.496. The van der Waals surface area contributed by atoms with Gasteiger partial charge in [-0.2, -0.15) is 13.2 Å². The Morgan fingerprint density at radius 3 is 2.32 bits per heavy atom. The molecule has 5 rings (SSSR count). The third-order valence-corrected chi connectivity index (χ3v) is 8.84. The Morgan fingerprint density at radius 1 is 0.927 bits per heavy atom. The van der Waals surface area contributed by atoms with E-state index in [9.17, 15) is 22.8 Å². The minimum absolute atomic E-state index is 0.0698. The van der Waals surface area contributed by atoms with Crippen molar-refractivity contribution < 1.29 is 22.8 Å². The normalized spacial score (nSPS) is 25.2. The molecule has 0 radical (unpaired) electrons. The van der Waals surface area contributed by atoms with Crippen LogP contribution in [0.2, 0.25) is 0 Å². The van der Waals surface area contributed by atoms with Crippen LogP contribution in [0.4, 0.5) is 13.2 Å². The van der Waals surface area contributed by atoms with Gasteiger partial charge in [0, 0.05) is 42.7 Å². The number of aromatic nitrogens is 1. The largest absolute Gasteiger partial charge is 0.471 e. The quantitative estimate of drug-likeness (QED) is 0.330. The first-order valence-electron chi connectivity index (χ1n) is 14.6. The van der Waals surface area contributed by atoms with Gasteiger partial charge in [-0.3, -0.25) is 14.6 Å². The molecule has 218 valence electrons. The van der Waals surface area contributed by atoms with Gasteiger partial charge in [-0.05, 0) is 73.6 Å². The zero-order valence-electron chi connectivity index (χ0n) is 23.7. The van der Waals surface area contributed by atoms with E-state index < -0.39 is 18.1 Å². The molecule has 0 spiro atoms. The minimum atomic E-state index is -5.00. The summed E-state index contributed by atoms with van der Waals surface area (Å²) >= 11 is 0. The van der Waals surface area contributed by atoms with Gasteiger partial charge in [-0.25, -0.2) is 0 Å². The molecule has 0 N–H and O–H groups in total. The molecule has 41 heavy (non-hydrogen) atoms. The van der Waals surface area contributed by atoms with Crippen LogP contribution in [-0.4, -0.2) is 51.4 Å². The maximum absolute atomic E-state index is 14.0. The summed E-state index contributed by atoms with van der Waals surface area (Å²) in [4.78, 5) is 34.1. The first-order valence-corrected chi connectivity index (χ1v) is 14.6. The van der Waals surface area contributed by atoms with Gasteiger partial charge in [0.2, 0.25) is 5.91 Å². The third-order valence-electron chi connectivity index (χ3n) is 8.84. The highest BCUT2D eigenvalue weighted by atomic mass is 19.4. The molecule has 2 heterocycles. The molecule has 2 amide bonds. The Morgan fingerprint density at radius 2 is 1.61 bits per heavy atom. The third kappa shape index (κ3) is 6.74. The fourth-order valence-electron chi connectivity index (χ4n) is 7.07. The van der Waals surface area contributed by atoms with Crippen molar-refractivity contribution in [3.8, 4) is 0 Å². The lowest BCUT2D eigenvalue weighted by Crippen LogP contribution is -2.56. The number of pyridine rings is 1. The number of carbonyl (C=O) groups excluding carboxylic acids is 2. The lowest BCUT2D eigenvalue weighted by Gasteiger charge is -2.45. The number of benzene rings is 2. The van der Waals surface area contributed by atoms with Crippen LogP contribution < -0.4 is 0 Å². The molecule has 2 aromatic carbocycles. The molecule has 1 aliphatic heterocycles. The number of fused-ring (bicyclic) bond motifs is 1. The van der Waals surface area contributed by atoms with Crippen molar-refractivity contribution in [3.63, 3.8) is 0 Å².